The average Bonchev–Trinajstić information content (AvgIpc) is 2.27. The fourth-order valence-electron chi connectivity index (χ4n) is 1.99. The molecule has 0 saturated heterocycles. The lowest BCUT2D eigenvalue weighted by Gasteiger charge is -2.34. The molecule has 0 atom stereocenters. The van der Waals surface area contributed by atoms with E-state index in [4.69, 9.17) is 4.74 Å². The third-order valence-electron chi connectivity index (χ3n) is 3.02. The van der Waals surface area contributed by atoms with Crippen molar-refractivity contribution >= 4 is 5.69 Å². The standard InChI is InChI=1S/C13H20N2O/c1-9(2)11-7-12-13(14-8-11)16-6-5-15(12)10(3)4/h7-10H,5-6H2,1-4H3. The van der Waals surface area contributed by atoms with E-state index in [0.29, 0.717) is 12.0 Å². The molecule has 0 amide bonds. The molecular formula is C13H20N2O. The Bertz CT molecular complexity index is 374. The summed E-state index contributed by atoms with van der Waals surface area (Å²) in [5.41, 5.74) is 2.42. The maximum absolute atomic E-state index is 5.59. The van der Waals surface area contributed by atoms with E-state index in [1.54, 1.807) is 0 Å². The molecule has 0 radical (unpaired) electrons. The fourth-order valence-corrected chi connectivity index (χ4v) is 1.99. The third-order valence-corrected chi connectivity index (χ3v) is 3.02. The van der Waals surface area contributed by atoms with Gasteiger partial charge in [-0.15, -0.1) is 0 Å². The van der Waals surface area contributed by atoms with Crippen molar-refractivity contribution in [3.8, 4) is 5.88 Å². The highest BCUT2D eigenvalue weighted by atomic mass is 16.5. The highest BCUT2D eigenvalue weighted by Gasteiger charge is 2.22. The van der Waals surface area contributed by atoms with Gasteiger partial charge in [0, 0.05) is 12.2 Å². The minimum Gasteiger partial charge on any atom is -0.474 e. The lowest BCUT2D eigenvalue weighted by molar-refractivity contribution is 0.290. The van der Waals surface area contributed by atoms with E-state index in [0.717, 1.165) is 24.7 Å². The molecule has 1 aliphatic heterocycles. The van der Waals surface area contributed by atoms with Crippen LogP contribution in [0.15, 0.2) is 12.3 Å². The van der Waals surface area contributed by atoms with E-state index in [2.05, 4.69) is 43.6 Å². The van der Waals surface area contributed by atoms with Gasteiger partial charge in [-0.3, -0.25) is 0 Å². The SMILES string of the molecule is CC(C)c1cnc2c(c1)N(C(C)C)CCO2. The number of aromatic nitrogens is 1. The molecule has 16 heavy (non-hydrogen) atoms. The first-order chi connectivity index (χ1) is 7.59. The monoisotopic (exact) mass is 220 g/mol. The second-order valence-electron chi connectivity index (χ2n) is 4.88. The number of anilines is 1. The molecule has 0 aliphatic carbocycles. The molecule has 0 bridgehead atoms. The summed E-state index contributed by atoms with van der Waals surface area (Å²) in [6.45, 7) is 10.5. The van der Waals surface area contributed by atoms with Gasteiger partial charge < -0.3 is 9.64 Å². The van der Waals surface area contributed by atoms with Crippen LogP contribution in [0.25, 0.3) is 0 Å². The molecule has 0 aromatic carbocycles. The van der Waals surface area contributed by atoms with E-state index >= 15 is 0 Å². The zero-order valence-electron chi connectivity index (χ0n) is 10.5. The Labute approximate surface area is 97.4 Å². The first-order valence-corrected chi connectivity index (χ1v) is 5.99. The summed E-state index contributed by atoms with van der Waals surface area (Å²) >= 11 is 0. The van der Waals surface area contributed by atoms with Gasteiger partial charge in [0.25, 0.3) is 0 Å². The first kappa shape index (κ1) is 11.2. The van der Waals surface area contributed by atoms with Crippen LogP contribution in [0.1, 0.15) is 39.2 Å². The largest absolute Gasteiger partial charge is 0.474 e. The van der Waals surface area contributed by atoms with Gasteiger partial charge in [-0.05, 0) is 31.4 Å². The molecule has 0 saturated carbocycles. The Hall–Kier alpha value is -1.25. The number of fused-ring (bicyclic) bond motifs is 1. The second kappa shape index (κ2) is 4.32. The molecule has 0 unspecified atom stereocenters. The highest BCUT2D eigenvalue weighted by molar-refractivity contribution is 5.58. The van der Waals surface area contributed by atoms with E-state index in [1.165, 1.54) is 5.56 Å². The van der Waals surface area contributed by atoms with Crippen molar-refractivity contribution in [1.29, 1.82) is 0 Å². The Morgan fingerprint density at radius 3 is 2.69 bits per heavy atom. The topological polar surface area (TPSA) is 25.4 Å². The molecule has 3 heteroatoms. The van der Waals surface area contributed by atoms with Crippen LogP contribution in [0.3, 0.4) is 0 Å². The molecular weight excluding hydrogens is 200 g/mol. The fraction of sp³-hybridized carbons (Fsp3) is 0.615. The van der Waals surface area contributed by atoms with Crippen molar-refractivity contribution in [1.82, 2.24) is 4.98 Å². The molecule has 0 spiro atoms. The smallest absolute Gasteiger partial charge is 0.237 e. The lowest BCUT2D eigenvalue weighted by Crippen LogP contribution is -2.38. The normalized spacial score (nSPS) is 15.2. The van der Waals surface area contributed by atoms with Crippen LogP contribution in [0.5, 0.6) is 5.88 Å². The molecule has 0 N–H and O–H groups in total. The van der Waals surface area contributed by atoms with Crippen LogP contribution < -0.4 is 9.64 Å². The van der Waals surface area contributed by atoms with Crippen molar-refractivity contribution < 1.29 is 4.74 Å². The number of pyridine rings is 1. The zero-order valence-corrected chi connectivity index (χ0v) is 10.5. The molecule has 1 aliphatic rings. The van der Waals surface area contributed by atoms with E-state index in [9.17, 15) is 0 Å². The van der Waals surface area contributed by atoms with E-state index in [-0.39, 0.29) is 0 Å². The second-order valence-corrected chi connectivity index (χ2v) is 4.88. The maximum atomic E-state index is 5.59. The summed E-state index contributed by atoms with van der Waals surface area (Å²) in [5.74, 6) is 1.29. The molecule has 1 aromatic heterocycles. The Morgan fingerprint density at radius 1 is 1.31 bits per heavy atom. The van der Waals surface area contributed by atoms with Gasteiger partial charge in [0.2, 0.25) is 5.88 Å². The Balaban J connectivity index is 2.40. The minimum atomic E-state index is 0.492. The van der Waals surface area contributed by atoms with E-state index in [1.807, 2.05) is 6.20 Å². The van der Waals surface area contributed by atoms with Gasteiger partial charge in [0.1, 0.15) is 12.3 Å². The van der Waals surface area contributed by atoms with Crippen molar-refractivity contribution in [3.63, 3.8) is 0 Å². The van der Waals surface area contributed by atoms with Crippen LogP contribution in [-0.4, -0.2) is 24.2 Å². The van der Waals surface area contributed by atoms with Gasteiger partial charge in [0.05, 0.1) is 6.54 Å². The van der Waals surface area contributed by atoms with E-state index < -0.39 is 0 Å². The number of ether oxygens (including phenoxy) is 1. The van der Waals surface area contributed by atoms with Crippen molar-refractivity contribution in [2.24, 2.45) is 0 Å². The van der Waals surface area contributed by atoms with Crippen molar-refractivity contribution in [2.45, 2.75) is 39.7 Å². The summed E-state index contributed by atoms with van der Waals surface area (Å²) in [7, 11) is 0. The number of hydrogen-bond acceptors (Lipinski definition) is 3. The summed E-state index contributed by atoms with van der Waals surface area (Å²) in [4.78, 5) is 6.77. The van der Waals surface area contributed by atoms with Gasteiger partial charge >= 0.3 is 0 Å². The Kier molecular flexibility index (Phi) is 3.03. The van der Waals surface area contributed by atoms with Gasteiger partial charge in [-0.25, -0.2) is 4.98 Å². The van der Waals surface area contributed by atoms with Crippen LogP contribution in [-0.2, 0) is 0 Å². The van der Waals surface area contributed by atoms with Crippen molar-refractivity contribution in [2.75, 3.05) is 18.1 Å². The van der Waals surface area contributed by atoms with Crippen LogP contribution >= 0.6 is 0 Å². The number of hydrogen-bond donors (Lipinski definition) is 0. The quantitative estimate of drug-likeness (QED) is 0.766. The minimum absolute atomic E-state index is 0.492. The van der Waals surface area contributed by atoms with Crippen LogP contribution in [0.4, 0.5) is 5.69 Å². The molecule has 0 fully saturated rings. The van der Waals surface area contributed by atoms with Crippen LogP contribution in [0, 0.1) is 0 Å². The number of nitrogens with zero attached hydrogens (tertiary/aromatic N) is 2. The predicted molar refractivity (Wildman–Crippen MR) is 66.3 cm³/mol. The number of rotatable bonds is 2. The molecule has 2 rings (SSSR count). The Morgan fingerprint density at radius 2 is 2.06 bits per heavy atom. The first-order valence-electron chi connectivity index (χ1n) is 5.99. The molecule has 3 nitrogen and oxygen atoms in total. The molecule has 88 valence electrons. The molecule has 2 heterocycles. The summed E-state index contributed by atoms with van der Waals surface area (Å²) in [6, 6.07) is 2.71. The van der Waals surface area contributed by atoms with Crippen LogP contribution in [0.2, 0.25) is 0 Å². The van der Waals surface area contributed by atoms with Crippen molar-refractivity contribution in [3.05, 3.63) is 17.8 Å². The third kappa shape index (κ3) is 1.99. The van der Waals surface area contributed by atoms with Gasteiger partial charge in [0.15, 0.2) is 0 Å². The summed E-state index contributed by atoms with van der Waals surface area (Å²) < 4.78 is 5.59. The van der Waals surface area contributed by atoms with Gasteiger partial charge in [-0.2, -0.15) is 0 Å². The summed E-state index contributed by atoms with van der Waals surface area (Å²) in [6.07, 6.45) is 1.92. The summed E-state index contributed by atoms with van der Waals surface area (Å²) in [5, 5.41) is 0. The molecule has 1 aromatic rings. The maximum Gasteiger partial charge on any atom is 0.237 e. The lowest BCUT2D eigenvalue weighted by atomic mass is 10.0. The zero-order chi connectivity index (χ0) is 11.7. The average molecular weight is 220 g/mol. The highest BCUT2D eigenvalue weighted by Crippen LogP contribution is 2.33. The predicted octanol–water partition coefficient (Wildman–Crippen LogP) is 2.81. The van der Waals surface area contributed by atoms with Gasteiger partial charge in [-0.1, -0.05) is 13.8 Å².